The van der Waals surface area contributed by atoms with Gasteiger partial charge in [0.25, 0.3) is 0 Å². The van der Waals surface area contributed by atoms with Gasteiger partial charge in [0.15, 0.2) is 0 Å². The standard InChI is InChI=1S/C13H22N2O/c1-3-14-9-11-15(12-10-14)13(16-2)7-5-4-6-8-13/h4-7H,3,8-12H2,1-2H3. The Morgan fingerprint density at radius 2 is 1.94 bits per heavy atom. The second-order valence-electron chi connectivity index (χ2n) is 4.46. The number of hydrogen-bond acceptors (Lipinski definition) is 3. The molecule has 1 unspecified atom stereocenters. The third-order valence-corrected chi connectivity index (χ3v) is 3.72. The summed E-state index contributed by atoms with van der Waals surface area (Å²) in [6, 6.07) is 0. The van der Waals surface area contributed by atoms with E-state index in [0.29, 0.717) is 0 Å². The van der Waals surface area contributed by atoms with Crippen molar-refractivity contribution < 1.29 is 4.74 Å². The molecule has 2 aliphatic rings. The van der Waals surface area contributed by atoms with Gasteiger partial charge < -0.3 is 9.64 Å². The molecule has 0 N–H and O–H groups in total. The summed E-state index contributed by atoms with van der Waals surface area (Å²) in [5.74, 6) is 0. The second-order valence-corrected chi connectivity index (χ2v) is 4.46. The molecule has 1 atom stereocenters. The highest BCUT2D eigenvalue weighted by atomic mass is 16.5. The summed E-state index contributed by atoms with van der Waals surface area (Å²) in [4.78, 5) is 4.95. The van der Waals surface area contributed by atoms with E-state index in [1.54, 1.807) is 0 Å². The fraction of sp³-hybridized carbons (Fsp3) is 0.692. The number of ether oxygens (including phenoxy) is 1. The van der Waals surface area contributed by atoms with Crippen molar-refractivity contribution in [1.29, 1.82) is 0 Å². The fourth-order valence-electron chi connectivity index (χ4n) is 2.55. The van der Waals surface area contributed by atoms with Crippen molar-refractivity contribution in [3.05, 3.63) is 24.3 Å². The zero-order valence-electron chi connectivity index (χ0n) is 10.4. The Morgan fingerprint density at radius 1 is 1.19 bits per heavy atom. The van der Waals surface area contributed by atoms with E-state index in [1.165, 1.54) is 0 Å². The van der Waals surface area contributed by atoms with Crippen LogP contribution in [-0.2, 0) is 4.74 Å². The van der Waals surface area contributed by atoms with E-state index < -0.39 is 0 Å². The maximum atomic E-state index is 5.76. The summed E-state index contributed by atoms with van der Waals surface area (Å²) in [5, 5.41) is 0. The Balaban J connectivity index is 2.01. The zero-order chi connectivity index (χ0) is 11.4. The molecule has 1 heterocycles. The van der Waals surface area contributed by atoms with Gasteiger partial charge >= 0.3 is 0 Å². The molecule has 3 heteroatoms. The van der Waals surface area contributed by atoms with E-state index in [-0.39, 0.29) is 5.72 Å². The summed E-state index contributed by atoms with van der Waals surface area (Å²) in [6.07, 6.45) is 9.54. The summed E-state index contributed by atoms with van der Waals surface area (Å²) in [7, 11) is 1.82. The average molecular weight is 222 g/mol. The Morgan fingerprint density at radius 3 is 2.44 bits per heavy atom. The van der Waals surface area contributed by atoms with Crippen LogP contribution in [0.2, 0.25) is 0 Å². The minimum atomic E-state index is -0.186. The highest BCUT2D eigenvalue weighted by Gasteiger charge is 2.35. The molecule has 1 aliphatic carbocycles. The molecule has 0 saturated carbocycles. The van der Waals surface area contributed by atoms with Crippen molar-refractivity contribution in [2.24, 2.45) is 0 Å². The van der Waals surface area contributed by atoms with E-state index in [4.69, 9.17) is 4.74 Å². The van der Waals surface area contributed by atoms with Crippen LogP contribution in [-0.4, -0.2) is 55.4 Å². The minimum absolute atomic E-state index is 0.186. The normalized spacial score (nSPS) is 32.1. The van der Waals surface area contributed by atoms with Gasteiger partial charge in [-0.05, 0) is 12.6 Å². The molecule has 1 saturated heterocycles. The van der Waals surface area contributed by atoms with Gasteiger partial charge in [-0.1, -0.05) is 25.2 Å². The van der Waals surface area contributed by atoms with Crippen LogP contribution in [0.15, 0.2) is 24.3 Å². The van der Waals surface area contributed by atoms with Crippen LogP contribution in [0.4, 0.5) is 0 Å². The van der Waals surface area contributed by atoms with Crippen LogP contribution in [0.25, 0.3) is 0 Å². The molecule has 0 aromatic rings. The molecule has 0 aromatic heterocycles. The van der Waals surface area contributed by atoms with Crippen LogP contribution in [0.1, 0.15) is 13.3 Å². The SMILES string of the molecule is CCN1CCN(C2(OC)C=CC=CC2)CC1. The second kappa shape index (κ2) is 5.13. The van der Waals surface area contributed by atoms with E-state index in [1.807, 2.05) is 7.11 Å². The van der Waals surface area contributed by atoms with E-state index in [9.17, 15) is 0 Å². The third-order valence-electron chi connectivity index (χ3n) is 3.72. The maximum Gasteiger partial charge on any atom is 0.144 e. The lowest BCUT2D eigenvalue weighted by molar-refractivity contribution is -0.112. The average Bonchev–Trinajstić information content (AvgIpc) is 2.39. The number of piperazine rings is 1. The number of hydrogen-bond donors (Lipinski definition) is 0. The first-order valence-corrected chi connectivity index (χ1v) is 6.17. The lowest BCUT2D eigenvalue weighted by atomic mass is 10.0. The fourth-order valence-corrected chi connectivity index (χ4v) is 2.55. The molecule has 0 aromatic carbocycles. The van der Waals surface area contributed by atoms with Crippen LogP contribution in [0, 0.1) is 0 Å². The summed E-state index contributed by atoms with van der Waals surface area (Å²) in [5.41, 5.74) is -0.186. The smallest absolute Gasteiger partial charge is 0.144 e. The van der Waals surface area contributed by atoms with Crippen molar-refractivity contribution in [3.63, 3.8) is 0 Å². The predicted octanol–water partition coefficient (Wildman–Crippen LogP) is 1.48. The van der Waals surface area contributed by atoms with E-state index >= 15 is 0 Å². The molecule has 16 heavy (non-hydrogen) atoms. The lowest BCUT2D eigenvalue weighted by Crippen LogP contribution is -2.57. The molecule has 0 radical (unpaired) electrons. The summed E-state index contributed by atoms with van der Waals surface area (Å²) >= 11 is 0. The first kappa shape index (κ1) is 11.8. The lowest BCUT2D eigenvalue weighted by Gasteiger charge is -2.45. The van der Waals surface area contributed by atoms with Crippen LogP contribution in [0.3, 0.4) is 0 Å². The van der Waals surface area contributed by atoms with Gasteiger partial charge in [0, 0.05) is 39.7 Å². The molecule has 0 spiro atoms. The maximum absolute atomic E-state index is 5.76. The third kappa shape index (κ3) is 2.21. The molecule has 1 aliphatic heterocycles. The number of nitrogens with zero attached hydrogens (tertiary/aromatic N) is 2. The van der Waals surface area contributed by atoms with Gasteiger partial charge in [0.2, 0.25) is 0 Å². The van der Waals surface area contributed by atoms with Crippen LogP contribution in [0.5, 0.6) is 0 Å². The van der Waals surface area contributed by atoms with E-state index in [0.717, 1.165) is 39.1 Å². The van der Waals surface area contributed by atoms with Gasteiger partial charge in [-0.15, -0.1) is 0 Å². The summed E-state index contributed by atoms with van der Waals surface area (Å²) < 4.78 is 5.76. The molecule has 90 valence electrons. The molecule has 3 nitrogen and oxygen atoms in total. The van der Waals surface area contributed by atoms with Crippen molar-refractivity contribution in [1.82, 2.24) is 9.80 Å². The predicted molar refractivity (Wildman–Crippen MR) is 66.3 cm³/mol. The summed E-state index contributed by atoms with van der Waals surface area (Å²) in [6.45, 7) is 7.88. The molecule has 1 fully saturated rings. The topological polar surface area (TPSA) is 15.7 Å². The Labute approximate surface area is 98.4 Å². The Hall–Kier alpha value is -0.640. The van der Waals surface area contributed by atoms with E-state index in [2.05, 4.69) is 41.0 Å². The van der Waals surface area contributed by atoms with Gasteiger partial charge in [-0.2, -0.15) is 0 Å². The van der Waals surface area contributed by atoms with Crippen LogP contribution < -0.4 is 0 Å². The van der Waals surface area contributed by atoms with Gasteiger partial charge in [0.1, 0.15) is 5.72 Å². The highest BCUT2D eigenvalue weighted by Crippen LogP contribution is 2.27. The number of methoxy groups -OCH3 is 1. The molecular formula is C13H22N2O. The minimum Gasteiger partial charge on any atom is -0.360 e. The van der Waals surface area contributed by atoms with Crippen LogP contribution >= 0.6 is 0 Å². The zero-order valence-corrected chi connectivity index (χ0v) is 10.4. The van der Waals surface area contributed by atoms with Crippen molar-refractivity contribution >= 4 is 0 Å². The molecular weight excluding hydrogens is 200 g/mol. The van der Waals surface area contributed by atoms with Crippen molar-refractivity contribution in [3.8, 4) is 0 Å². The highest BCUT2D eigenvalue weighted by molar-refractivity contribution is 5.18. The number of likely N-dealkylation sites (N-methyl/N-ethyl adjacent to an activating group) is 1. The van der Waals surface area contributed by atoms with Gasteiger partial charge in [-0.3, -0.25) is 4.90 Å². The molecule has 2 rings (SSSR count). The Kier molecular flexibility index (Phi) is 3.79. The van der Waals surface area contributed by atoms with Crippen molar-refractivity contribution in [2.45, 2.75) is 19.1 Å². The monoisotopic (exact) mass is 222 g/mol. The largest absolute Gasteiger partial charge is 0.360 e. The number of allylic oxidation sites excluding steroid dienone is 2. The number of rotatable bonds is 3. The molecule has 0 amide bonds. The molecule has 0 bridgehead atoms. The first-order chi connectivity index (χ1) is 7.80. The first-order valence-electron chi connectivity index (χ1n) is 6.17. The quantitative estimate of drug-likeness (QED) is 0.719. The van der Waals surface area contributed by atoms with Gasteiger partial charge in [0.05, 0.1) is 0 Å². The van der Waals surface area contributed by atoms with Gasteiger partial charge in [-0.25, -0.2) is 0 Å². The van der Waals surface area contributed by atoms with Crippen molar-refractivity contribution in [2.75, 3.05) is 39.8 Å². The Bertz CT molecular complexity index is 280.